The van der Waals surface area contributed by atoms with E-state index < -0.39 is 17.4 Å². The molecule has 0 fully saturated rings. The van der Waals surface area contributed by atoms with E-state index in [4.69, 9.17) is 5.11 Å². The quantitative estimate of drug-likeness (QED) is 0.482. The molecule has 3 N–H and O–H groups in total. The first-order chi connectivity index (χ1) is 6.54. The van der Waals surface area contributed by atoms with Gasteiger partial charge in [0, 0.05) is 12.5 Å². The molecule has 0 aliphatic carbocycles. The zero-order valence-corrected chi connectivity index (χ0v) is 7.44. The highest BCUT2D eigenvalue weighted by molar-refractivity contribution is 5.92. The van der Waals surface area contributed by atoms with E-state index >= 15 is 0 Å². The van der Waals surface area contributed by atoms with Gasteiger partial charge in [-0.1, -0.05) is 0 Å². The number of nitrogens with one attached hydrogen (secondary N) is 1. The Morgan fingerprint density at radius 2 is 2.07 bits per heavy atom. The molecule has 5 nitrogen and oxygen atoms in total. The molecular weight excluding hydrogens is 186 g/mol. The van der Waals surface area contributed by atoms with Gasteiger partial charge in [0.05, 0.1) is 5.69 Å². The summed E-state index contributed by atoms with van der Waals surface area (Å²) in [6.07, 6.45) is 0.504. The predicted molar refractivity (Wildman–Crippen MR) is 49.5 cm³/mol. The Hall–Kier alpha value is -2.04. The molecule has 0 saturated carbocycles. The van der Waals surface area contributed by atoms with Crippen molar-refractivity contribution < 1.29 is 19.8 Å². The van der Waals surface area contributed by atoms with Crippen LogP contribution in [0.5, 0.6) is 11.5 Å². The van der Waals surface area contributed by atoms with E-state index in [1.807, 2.05) is 0 Å². The number of aldehydes is 1. The van der Waals surface area contributed by atoms with Crippen molar-refractivity contribution in [2.45, 2.75) is 6.92 Å². The van der Waals surface area contributed by atoms with Gasteiger partial charge in [0.15, 0.2) is 11.5 Å². The van der Waals surface area contributed by atoms with Gasteiger partial charge >= 0.3 is 0 Å². The third-order valence-corrected chi connectivity index (χ3v) is 1.56. The summed E-state index contributed by atoms with van der Waals surface area (Å²) in [4.78, 5) is 21.1. The number of benzene rings is 1. The highest BCUT2D eigenvalue weighted by atomic mass is 16.3. The number of hydrogen-bond donors (Lipinski definition) is 3. The van der Waals surface area contributed by atoms with Crippen LogP contribution in [0, 0.1) is 0 Å². The second-order valence-electron chi connectivity index (χ2n) is 2.74. The second-order valence-corrected chi connectivity index (χ2v) is 2.74. The smallest absolute Gasteiger partial charge is 0.221 e. The molecule has 1 amide bonds. The summed E-state index contributed by atoms with van der Waals surface area (Å²) >= 11 is 0. The number of carbonyl (C=O) groups is 2. The Kier molecular flexibility index (Phi) is 2.71. The molecule has 0 unspecified atom stereocenters. The molecular formula is C9H9NO4. The molecule has 74 valence electrons. The third kappa shape index (κ3) is 2.01. The molecule has 1 aromatic carbocycles. The standard InChI is InChI=1S/C9H9NO4/c1-5(12)10-7-2-6(4-11)3-8(13)9(7)14/h2-4,13-14H,1H3,(H,10,12). The first kappa shape index (κ1) is 10.0. The molecule has 0 aliphatic heterocycles. The summed E-state index contributed by atoms with van der Waals surface area (Å²) < 4.78 is 0. The van der Waals surface area contributed by atoms with Crippen molar-refractivity contribution in [3.05, 3.63) is 17.7 Å². The van der Waals surface area contributed by atoms with Gasteiger partial charge in [0.1, 0.15) is 6.29 Å². The molecule has 0 bridgehead atoms. The molecule has 0 atom stereocenters. The lowest BCUT2D eigenvalue weighted by Gasteiger charge is -2.07. The summed E-state index contributed by atoms with van der Waals surface area (Å²) in [5, 5.41) is 20.7. The van der Waals surface area contributed by atoms with E-state index in [0.29, 0.717) is 6.29 Å². The van der Waals surface area contributed by atoms with Crippen LogP contribution in [0.2, 0.25) is 0 Å². The Morgan fingerprint density at radius 1 is 1.43 bits per heavy atom. The zero-order chi connectivity index (χ0) is 10.7. The number of anilines is 1. The number of aromatic hydroxyl groups is 2. The molecule has 0 aromatic heterocycles. The summed E-state index contributed by atoms with van der Waals surface area (Å²) in [7, 11) is 0. The van der Waals surface area contributed by atoms with Crippen LogP contribution in [0.4, 0.5) is 5.69 Å². The molecule has 0 saturated heterocycles. The van der Waals surface area contributed by atoms with Gasteiger partial charge < -0.3 is 15.5 Å². The van der Waals surface area contributed by atoms with Crippen molar-refractivity contribution >= 4 is 17.9 Å². The highest BCUT2D eigenvalue weighted by Gasteiger charge is 2.09. The molecule has 0 heterocycles. The van der Waals surface area contributed by atoms with Crippen molar-refractivity contribution in [1.29, 1.82) is 0 Å². The monoisotopic (exact) mass is 195 g/mol. The van der Waals surface area contributed by atoms with Crippen molar-refractivity contribution in [2.75, 3.05) is 5.32 Å². The van der Waals surface area contributed by atoms with Crippen molar-refractivity contribution in [1.82, 2.24) is 0 Å². The number of amides is 1. The predicted octanol–water partition coefficient (Wildman–Crippen LogP) is 0.869. The van der Waals surface area contributed by atoms with Crippen LogP contribution in [0.15, 0.2) is 12.1 Å². The number of phenolic OH excluding ortho intramolecular Hbond substituents is 2. The van der Waals surface area contributed by atoms with E-state index in [2.05, 4.69) is 5.32 Å². The van der Waals surface area contributed by atoms with Crippen LogP contribution >= 0.6 is 0 Å². The third-order valence-electron chi connectivity index (χ3n) is 1.56. The summed E-state index contributed by atoms with van der Waals surface area (Å²) in [5.41, 5.74) is 0.184. The molecule has 0 aliphatic rings. The van der Waals surface area contributed by atoms with Gasteiger partial charge in [-0.2, -0.15) is 0 Å². The minimum absolute atomic E-state index is 0.0135. The SMILES string of the molecule is CC(=O)Nc1cc(C=O)cc(O)c1O. The summed E-state index contributed by atoms with van der Waals surface area (Å²) in [6.45, 7) is 1.25. The number of carbonyl (C=O) groups excluding carboxylic acids is 2. The molecule has 5 heteroatoms. The van der Waals surface area contributed by atoms with Crippen molar-refractivity contribution in [2.24, 2.45) is 0 Å². The van der Waals surface area contributed by atoms with Gasteiger partial charge in [-0.3, -0.25) is 9.59 Å². The van der Waals surface area contributed by atoms with E-state index in [-0.39, 0.29) is 11.3 Å². The molecule has 1 rings (SSSR count). The average Bonchev–Trinajstić information content (AvgIpc) is 2.11. The van der Waals surface area contributed by atoms with E-state index in [1.54, 1.807) is 0 Å². The number of rotatable bonds is 2. The molecule has 14 heavy (non-hydrogen) atoms. The maximum absolute atomic E-state index is 10.7. The maximum Gasteiger partial charge on any atom is 0.221 e. The Labute approximate surface area is 80.0 Å². The minimum Gasteiger partial charge on any atom is -0.504 e. The zero-order valence-electron chi connectivity index (χ0n) is 7.44. The molecule has 0 spiro atoms. The second kappa shape index (κ2) is 3.78. The van der Waals surface area contributed by atoms with Crippen LogP contribution in [-0.2, 0) is 4.79 Å². The minimum atomic E-state index is -0.453. The Bertz CT molecular complexity index is 387. The fourth-order valence-corrected chi connectivity index (χ4v) is 0.994. The number of hydrogen-bond acceptors (Lipinski definition) is 4. The Balaban J connectivity index is 3.19. The summed E-state index contributed by atoms with van der Waals surface area (Å²) in [5.74, 6) is -1.30. The fraction of sp³-hybridized carbons (Fsp3) is 0.111. The van der Waals surface area contributed by atoms with Crippen LogP contribution in [0.1, 0.15) is 17.3 Å². The maximum atomic E-state index is 10.7. The van der Waals surface area contributed by atoms with Gasteiger partial charge in [0.25, 0.3) is 0 Å². The van der Waals surface area contributed by atoms with Crippen LogP contribution in [-0.4, -0.2) is 22.4 Å². The summed E-state index contributed by atoms with van der Waals surface area (Å²) in [6, 6.07) is 2.37. The van der Waals surface area contributed by atoms with Gasteiger partial charge in [-0.25, -0.2) is 0 Å². The lowest BCUT2D eigenvalue weighted by molar-refractivity contribution is -0.114. The fourth-order valence-electron chi connectivity index (χ4n) is 0.994. The van der Waals surface area contributed by atoms with Crippen LogP contribution in [0.25, 0.3) is 0 Å². The van der Waals surface area contributed by atoms with Crippen LogP contribution in [0.3, 0.4) is 0 Å². The van der Waals surface area contributed by atoms with E-state index in [0.717, 1.165) is 6.07 Å². The van der Waals surface area contributed by atoms with Crippen molar-refractivity contribution in [3.8, 4) is 11.5 Å². The Morgan fingerprint density at radius 3 is 2.57 bits per heavy atom. The topological polar surface area (TPSA) is 86.6 Å². The van der Waals surface area contributed by atoms with E-state index in [1.165, 1.54) is 13.0 Å². The lowest BCUT2D eigenvalue weighted by atomic mass is 10.2. The largest absolute Gasteiger partial charge is 0.504 e. The number of phenols is 2. The van der Waals surface area contributed by atoms with Gasteiger partial charge in [-0.15, -0.1) is 0 Å². The average molecular weight is 195 g/mol. The van der Waals surface area contributed by atoms with Crippen molar-refractivity contribution in [3.63, 3.8) is 0 Å². The van der Waals surface area contributed by atoms with Gasteiger partial charge in [0.2, 0.25) is 5.91 Å². The molecule has 1 aromatic rings. The normalized spacial score (nSPS) is 9.50. The first-order valence-corrected chi connectivity index (χ1v) is 3.83. The van der Waals surface area contributed by atoms with E-state index in [9.17, 15) is 14.7 Å². The lowest BCUT2D eigenvalue weighted by Crippen LogP contribution is -2.06. The highest BCUT2D eigenvalue weighted by Crippen LogP contribution is 2.33. The molecule has 0 radical (unpaired) electrons. The van der Waals surface area contributed by atoms with Crippen LogP contribution < -0.4 is 5.32 Å². The first-order valence-electron chi connectivity index (χ1n) is 3.83. The van der Waals surface area contributed by atoms with Gasteiger partial charge in [-0.05, 0) is 12.1 Å².